The molecule has 0 amide bonds. The molecule has 0 fully saturated rings. The molecule has 32 heavy (non-hydrogen) atoms. The van der Waals surface area contributed by atoms with Gasteiger partial charge in [0.2, 0.25) is 0 Å². The van der Waals surface area contributed by atoms with Crippen molar-refractivity contribution in [3.8, 4) is 0 Å². The van der Waals surface area contributed by atoms with Crippen LogP contribution < -0.4 is 5.73 Å². The molecule has 1 aliphatic carbocycles. The summed E-state index contributed by atoms with van der Waals surface area (Å²) in [6, 6.07) is 29.7. The predicted molar refractivity (Wildman–Crippen MR) is 135 cm³/mol. The van der Waals surface area contributed by atoms with Gasteiger partial charge in [-0.3, -0.25) is 0 Å². The van der Waals surface area contributed by atoms with Crippen LogP contribution in [0.5, 0.6) is 0 Å². The van der Waals surface area contributed by atoms with Gasteiger partial charge in [-0.1, -0.05) is 97.1 Å². The highest BCUT2D eigenvalue weighted by atomic mass is 15.2. The van der Waals surface area contributed by atoms with Crippen LogP contribution in [0.4, 0.5) is 0 Å². The number of allylic oxidation sites excluding steroid dienone is 6. The minimum absolute atomic E-state index is 0.264. The standard InChI is InChI=1S/C30H28N2/c1-21-17-25(18-21)26-15-9-10-16-27(26)30(31)32-20-28(23-11-5-3-6-12-23)22(2)19-29(32)24-13-7-4-8-14-24/h3-19,30H,20,31H2,1-2H3/t30-/m1/s1. The molecule has 2 N–H and O–H groups in total. The minimum Gasteiger partial charge on any atom is -0.347 e. The number of hydrogen-bond acceptors (Lipinski definition) is 2. The van der Waals surface area contributed by atoms with Crippen LogP contribution in [0.15, 0.2) is 114 Å². The van der Waals surface area contributed by atoms with E-state index < -0.39 is 0 Å². The number of hydrogen-bond donors (Lipinski definition) is 1. The molecule has 0 bridgehead atoms. The monoisotopic (exact) mass is 416 g/mol. The Hall–Kier alpha value is -3.62. The average molecular weight is 417 g/mol. The fourth-order valence-corrected chi connectivity index (χ4v) is 4.64. The van der Waals surface area contributed by atoms with Crippen molar-refractivity contribution >= 4 is 16.8 Å². The first-order valence-corrected chi connectivity index (χ1v) is 11.2. The highest BCUT2D eigenvalue weighted by molar-refractivity contribution is 5.85. The largest absolute Gasteiger partial charge is 0.347 e. The Balaban J connectivity index is 1.59. The predicted octanol–water partition coefficient (Wildman–Crippen LogP) is 6.82. The van der Waals surface area contributed by atoms with Gasteiger partial charge in [0, 0.05) is 12.2 Å². The Morgan fingerprint density at radius 3 is 1.97 bits per heavy atom. The molecule has 2 nitrogen and oxygen atoms in total. The summed E-state index contributed by atoms with van der Waals surface area (Å²) in [5.41, 5.74) is 18.2. The molecular weight excluding hydrogens is 388 g/mol. The molecule has 3 aromatic carbocycles. The van der Waals surface area contributed by atoms with E-state index in [1.807, 2.05) is 0 Å². The summed E-state index contributed by atoms with van der Waals surface area (Å²) in [4.78, 5) is 2.35. The van der Waals surface area contributed by atoms with E-state index in [1.165, 1.54) is 44.7 Å². The van der Waals surface area contributed by atoms with Crippen LogP contribution >= 0.6 is 0 Å². The molecule has 2 heteroatoms. The number of benzene rings is 3. The third kappa shape index (κ3) is 3.74. The van der Waals surface area contributed by atoms with Gasteiger partial charge >= 0.3 is 0 Å². The second-order valence-electron chi connectivity index (χ2n) is 8.57. The topological polar surface area (TPSA) is 29.3 Å². The molecular formula is C30H28N2. The molecule has 1 aliphatic heterocycles. The molecule has 5 rings (SSSR count). The average Bonchev–Trinajstić information content (AvgIpc) is 2.82. The maximum Gasteiger partial charge on any atom is 0.104 e. The summed E-state index contributed by atoms with van der Waals surface area (Å²) < 4.78 is 0. The zero-order valence-electron chi connectivity index (χ0n) is 18.6. The van der Waals surface area contributed by atoms with Crippen LogP contribution in [0.25, 0.3) is 16.8 Å². The molecule has 2 aliphatic rings. The van der Waals surface area contributed by atoms with Gasteiger partial charge in [-0.15, -0.1) is 0 Å². The summed E-state index contributed by atoms with van der Waals surface area (Å²) in [6.07, 6.45) is 6.49. The van der Waals surface area contributed by atoms with Gasteiger partial charge in [0.05, 0.1) is 0 Å². The molecule has 3 aromatic rings. The molecule has 1 heterocycles. The lowest BCUT2D eigenvalue weighted by atomic mass is 9.88. The third-order valence-corrected chi connectivity index (χ3v) is 6.35. The van der Waals surface area contributed by atoms with Crippen molar-refractivity contribution < 1.29 is 0 Å². The molecule has 0 spiro atoms. The molecule has 0 saturated carbocycles. The lowest BCUT2D eigenvalue weighted by Crippen LogP contribution is -2.37. The van der Waals surface area contributed by atoms with Gasteiger partial charge in [-0.2, -0.15) is 0 Å². The van der Waals surface area contributed by atoms with Crippen LogP contribution in [0.1, 0.15) is 42.3 Å². The zero-order valence-corrected chi connectivity index (χ0v) is 18.6. The highest BCUT2D eigenvalue weighted by Crippen LogP contribution is 2.39. The molecule has 0 aromatic heterocycles. The van der Waals surface area contributed by atoms with Gasteiger partial charge in [-0.05, 0) is 64.5 Å². The van der Waals surface area contributed by atoms with Gasteiger partial charge in [0.25, 0.3) is 0 Å². The second-order valence-corrected chi connectivity index (χ2v) is 8.57. The fraction of sp³-hybridized carbons (Fsp3) is 0.133. The minimum atomic E-state index is -0.264. The molecule has 158 valence electrons. The van der Waals surface area contributed by atoms with Crippen LogP contribution in [0.3, 0.4) is 0 Å². The maximum absolute atomic E-state index is 7.05. The number of nitrogens with zero attached hydrogens (tertiary/aromatic N) is 1. The first-order chi connectivity index (χ1) is 15.6. The van der Waals surface area contributed by atoms with E-state index in [-0.39, 0.29) is 6.17 Å². The summed E-state index contributed by atoms with van der Waals surface area (Å²) >= 11 is 0. The summed E-state index contributed by atoms with van der Waals surface area (Å²) in [5, 5.41) is 0. The number of nitrogens with two attached hydrogens (primary N) is 1. The van der Waals surface area contributed by atoms with E-state index in [0.717, 1.165) is 12.1 Å². The Morgan fingerprint density at radius 2 is 1.31 bits per heavy atom. The van der Waals surface area contributed by atoms with E-state index in [4.69, 9.17) is 5.73 Å². The van der Waals surface area contributed by atoms with Crippen LogP contribution in [-0.2, 0) is 0 Å². The van der Waals surface area contributed by atoms with Crippen molar-refractivity contribution in [3.63, 3.8) is 0 Å². The van der Waals surface area contributed by atoms with Crippen molar-refractivity contribution in [2.75, 3.05) is 6.54 Å². The second kappa shape index (κ2) is 8.49. The molecule has 1 atom stereocenters. The summed E-state index contributed by atoms with van der Waals surface area (Å²) in [6.45, 7) is 5.10. The van der Waals surface area contributed by atoms with Gasteiger partial charge in [0.15, 0.2) is 0 Å². The molecule has 0 radical (unpaired) electrons. The van der Waals surface area contributed by atoms with E-state index in [9.17, 15) is 0 Å². The number of rotatable bonds is 5. The lowest BCUT2D eigenvalue weighted by molar-refractivity contribution is 0.335. The summed E-state index contributed by atoms with van der Waals surface area (Å²) in [7, 11) is 0. The Morgan fingerprint density at radius 1 is 0.719 bits per heavy atom. The third-order valence-electron chi connectivity index (χ3n) is 6.35. The Labute approximate surface area is 190 Å². The quantitative estimate of drug-likeness (QED) is 0.494. The van der Waals surface area contributed by atoms with Crippen molar-refractivity contribution in [2.24, 2.45) is 5.73 Å². The van der Waals surface area contributed by atoms with Gasteiger partial charge < -0.3 is 10.6 Å². The highest BCUT2D eigenvalue weighted by Gasteiger charge is 2.28. The van der Waals surface area contributed by atoms with Gasteiger partial charge in [0.1, 0.15) is 6.17 Å². The maximum atomic E-state index is 7.05. The fourth-order valence-electron chi connectivity index (χ4n) is 4.64. The van der Waals surface area contributed by atoms with Crippen molar-refractivity contribution in [1.82, 2.24) is 4.90 Å². The molecule has 0 unspecified atom stereocenters. The van der Waals surface area contributed by atoms with Crippen molar-refractivity contribution in [1.29, 1.82) is 0 Å². The van der Waals surface area contributed by atoms with E-state index in [1.54, 1.807) is 0 Å². The smallest absolute Gasteiger partial charge is 0.104 e. The van der Waals surface area contributed by atoms with E-state index in [2.05, 4.69) is 122 Å². The van der Waals surface area contributed by atoms with Crippen LogP contribution in [0, 0.1) is 0 Å². The SMILES string of the molecule is CC1=CC(c2ccccc2[C@H](N)N2CC(c3ccccc3)=C(C)C=C2c2ccccc2)=C1. The first kappa shape index (κ1) is 20.3. The molecule has 0 saturated heterocycles. The zero-order chi connectivity index (χ0) is 22.1. The van der Waals surface area contributed by atoms with Gasteiger partial charge in [-0.25, -0.2) is 0 Å². The Kier molecular flexibility index (Phi) is 5.38. The summed E-state index contributed by atoms with van der Waals surface area (Å²) in [5.74, 6) is 0. The van der Waals surface area contributed by atoms with E-state index in [0.29, 0.717) is 0 Å². The van der Waals surface area contributed by atoms with Crippen LogP contribution in [-0.4, -0.2) is 11.4 Å². The first-order valence-electron chi connectivity index (χ1n) is 11.2. The lowest BCUT2D eigenvalue weighted by Gasteiger charge is -2.38. The van der Waals surface area contributed by atoms with Crippen molar-refractivity contribution in [3.05, 3.63) is 137 Å². The van der Waals surface area contributed by atoms with Crippen molar-refractivity contribution in [2.45, 2.75) is 20.0 Å². The Bertz CT molecular complexity index is 1260. The van der Waals surface area contributed by atoms with Crippen LogP contribution in [0.2, 0.25) is 0 Å². The van der Waals surface area contributed by atoms with E-state index >= 15 is 0 Å². The normalized spacial score (nSPS) is 16.7.